The standard InChI is InChI=1S/C17H22FN3O2/c1-11(2)8-9-17(12-6-7-12)15(22)21(16(23)20-17)10-13-4-3-5-14(18)19-13/h3-5,11-12H,6-10H2,1-2H3,(H,20,23)/t17-/m1/s1. The predicted molar refractivity (Wildman–Crippen MR) is 82.8 cm³/mol. The van der Waals surface area contributed by atoms with E-state index in [4.69, 9.17) is 0 Å². The lowest BCUT2D eigenvalue weighted by Gasteiger charge is -2.27. The summed E-state index contributed by atoms with van der Waals surface area (Å²) in [5, 5.41) is 2.94. The third-order valence-corrected chi connectivity index (χ3v) is 4.69. The van der Waals surface area contributed by atoms with Crippen LogP contribution < -0.4 is 5.32 Å². The van der Waals surface area contributed by atoms with E-state index in [2.05, 4.69) is 24.1 Å². The number of carbonyl (C=O) groups excluding carboxylic acids is 2. The largest absolute Gasteiger partial charge is 0.325 e. The molecule has 1 N–H and O–H groups in total. The SMILES string of the molecule is CC(C)CC[C@]1(C2CC2)NC(=O)N(Cc2cccc(F)n2)C1=O. The molecule has 2 fully saturated rings. The molecular weight excluding hydrogens is 297 g/mol. The van der Waals surface area contributed by atoms with E-state index in [9.17, 15) is 14.0 Å². The van der Waals surface area contributed by atoms with Gasteiger partial charge in [0.05, 0.1) is 12.2 Å². The summed E-state index contributed by atoms with van der Waals surface area (Å²) in [5.74, 6) is -0.100. The van der Waals surface area contributed by atoms with E-state index < -0.39 is 17.5 Å². The Kier molecular flexibility index (Phi) is 4.08. The number of amides is 3. The van der Waals surface area contributed by atoms with Gasteiger partial charge in [-0.2, -0.15) is 4.39 Å². The van der Waals surface area contributed by atoms with Crippen LogP contribution >= 0.6 is 0 Å². The fourth-order valence-electron chi connectivity index (χ4n) is 3.23. The molecule has 1 aromatic heterocycles. The second-order valence-corrected chi connectivity index (χ2v) is 6.95. The fraction of sp³-hybridized carbons (Fsp3) is 0.588. The highest BCUT2D eigenvalue weighted by atomic mass is 19.1. The van der Waals surface area contributed by atoms with E-state index in [0.717, 1.165) is 19.3 Å². The van der Waals surface area contributed by atoms with Crippen molar-refractivity contribution in [2.75, 3.05) is 0 Å². The molecule has 1 saturated heterocycles. The molecule has 1 aromatic rings. The zero-order valence-electron chi connectivity index (χ0n) is 13.5. The first-order chi connectivity index (χ1) is 10.9. The van der Waals surface area contributed by atoms with Crippen molar-refractivity contribution in [3.63, 3.8) is 0 Å². The van der Waals surface area contributed by atoms with Crippen LogP contribution in [0, 0.1) is 17.8 Å². The van der Waals surface area contributed by atoms with Gasteiger partial charge in [-0.05, 0) is 49.7 Å². The molecule has 6 heteroatoms. The number of halogens is 1. The summed E-state index contributed by atoms with van der Waals surface area (Å²) in [6.07, 6.45) is 3.48. The highest BCUT2D eigenvalue weighted by Gasteiger charge is 2.58. The summed E-state index contributed by atoms with van der Waals surface area (Å²) in [6.45, 7) is 4.23. The summed E-state index contributed by atoms with van der Waals surface area (Å²) in [7, 11) is 0. The quantitative estimate of drug-likeness (QED) is 0.648. The Labute approximate surface area is 135 Å². The zero-order chi connectivity index (χ0) is 16.6. The molecule has 1 saturated carbocycles. The number of rotatable bonds is 6. The number of urea groups is 1. The first-order valence-electron chi connectivity index (χ1n) is 8.18. The Morgan fingerprint density at radius 2 is 2.13 bits per heavy atom. The van der Waals surface area contributed by atoms with E-state index in [1.54, 1.807) is 6.07 Å². The Balaban J connectivity index is 1.80. The summed E-state index contributed by atoms with van der Waals surface area (Å²) in [6, 6.07) is 4.00. The average molecular weight is 319 g/mol. The van der Waals surface area contributed by atoms with Crippen LogP contribution in [0.25, 0.3) is 0 Å². The van der Waals surface area contributed by atoms with Crippen molar-refractivity contribution in [2.24, 2.45) is 11.8 Å². The Hall–Kier alpha value is -1.98. The maximum absolute atomic E-state index is 13.2. The highest BCUT2D eigenvalue weighted by Crippen LogP contribution is 2.46. The Morgan fingerprint density at radius 1 is 1.39 bits per heavy atom. The number of carbonyl (C=O) groups is 2. The van der Waals surface area contributed by atoms with E-state index in [0.29, 0.717) is 18.0 Å². The predicted octanol–water partition coefficient (Wildman–Crippen LogP) is 2.86. The Bertz CT molecular complexity index is 630. The summed E-state index contributed by atoms with van der Waals surface area (Å²) in [4.78, 5) is 30.2. The molecule has 5 nitrogen and oxygen atoms in total. The molecule has 0 radical (unpaired) electrons. The summed E-state index contributed by atoms with van der Waals surface area (Å²) < 4.78 is 13.2. The van der Waals surface area contributed by atoms with E-state index in [1.165, 1.54) is 17.0 Å². The van der Waals surface area contributed by atoms with Crippen molar-refractivity contribution in [2.45, 2.75) is 51.6 Å². The van der Waals surface area contributed by atoms with Gasteiger partial charge in [0.1, 0.15) is 5.54 Å². The van der Waals surface area contributed by atoms with Crippen LogP contribution in [0.5, 0.6) is 0 Å². The summed E-state index contributed by atoms with van der Waals surface area (Å²) in [5.41, 5.74) is -0.391. The van der Waals surface area contributed by atoms with Crippen LogP contribution in [0.15, 0.2) is 18.2 Å². The van der Waals surface area contributed by atoms with Crippen LogP contribution in [0.2, 0.25) is 0 Å². The monoisotopic (exact) mass is 319 g/mol. The first-order valence-corrected chi connectivity index (χ1v) is 8.18. The van der Waals surface area contributed by atoms with Gasteiger partial charge >= 0.3 is 6.03 Å². The number of pyridine rings is 1. The van der Waals surface area contributed by atoms with Gasteiger partial charge in [0.15, 0.2) is 0 Å². The lowest BCUT2D eigenvalue weighted by Crippen LogP contribution is -2.49. The molecule has 3 rings (SSSR count). The van der Waals surface area contributed by atoms with Crippen molar-refractivity contribution >= 4 is 11.9 Å². The van der Waals surface area contributed by atoms with Gasteiger partial charge in [-0.3, -0.25) is 9.69 Å². The lowest BCUT2D eigenvalue weighted by atomic mass is 9.85. The van der Waals surface area contributed by atoms with Gasteiger partial charge < -0.3 is 5.32 Å². The van der Waals surface area contributed by atoms with Crippen LogP contribution in [-0.2, 0) is 11.3 Å². The molecule has 0 aromatic carbocycles. The smallest absolute Gasteiger partial charge is 0.323 e. The van der Waals surface area contributed by atoms with Crippen LogP contribution in [0.3, 0.4) is 0 Å². The molecule has 0 bridgehead atoms. The van der Waals surface area contributed by atoms with Crippen molar-refractivity contribution in [3.05, 3.63) is 29.8 Å². The normalized spacial score (nSPS) is 24.4. The molecule has 1 atom stereocenters. The number of nitrogens with one attached hydrogen (secondary N) is 1. The third-order valence-electron chi connectivity index (χ3n) is 4.69. The maximum atomic E-state index is 13.2. The van der Waals surface area contributed by atoms with E-state index in [1.807, 2.05) is 0 Å². The van der Waals surface area contributed by atoms with Gasteiger partial charge in [0.25, 0.3) is 5.91 Å². The zero-order valence-corrected chi connectivity index (χ0v) is 13.5. The molecule has 0 unspecified atom stereocenters. The average Bonchev–Trinajstić information content (AvgIpc) is 3.30. The van der Waals surface area contributed by atoms with Crippen LogP contribution in [0.4, 0.5) is 9.18 Å². The van der Waals surface area contributed by atoms with Gasteiger partial charge in [-0.1, -0.05) is 19.9 Å². The molecule has 0 spiro atoms. The van der Waals surface area contributed by atoms with Crippen molar-refractivity contribution in [1.29, 1.82) is 0 Å². The molecule has 23 heavy (non-hydrogen) atoms. The molecule has 3 amide bonds. The number of imide groups is 1. The molecule has 2 aliphatic rings. The molecule has 1 aliphatic heterocycles. The Morgan fingerprint density at radius 3 is 2.74 bits per heavy atom. The minimum atomic E-state index is -0.769. The van der Waals surface area contributed by atoms with Gasteiger partial charge in [0.2, 0.25) is 5.95 Å². The minimum Gasteiger partial charge on any atom is -0.323 e. The van der Waals surface area contributed by atoms with Crippen LogP contribution in [-0.4, -0.2) is 27.4 Å². The van der Waals surface area contributed by atoms with Gasteiger partial charge in [0, 0.05) is 0 Å². The second-order valence-electron chi connectivity index (χ2n) is 6.95. The lowest BCUT2D eigenvalue weighted by molar-refractivity contribution is -0.132. The molecule has 124 valence electrons. The van der Waals surface area contributed by atoms with Crippen molar-refractivity contribution < 1.29 is 14.0 Å². The van der Waals surface area contributed by atoms with E-state index >= 15 is 0 Å². The topological polar surface area (TPSA) is 62.3 Å². The third kappa shape index (κ3) is 3.07. The number of nitrogens with zero attached hydrogens (tertiary/aromatic N) is 2. The van der Waals surface area contributed by atoms with Gasteiger partial charge in [-0.15, -0.1) is 0 Å². The van der Waals surface area contributed by atoms with Crippen LogP contribution in [0.1, 0.15) is 45.2 Å². The van der Waals surface area contributed by atoms with Crippen molar-refractivity contribution in [1.82, 2.24) is 15.2 Å². The fourth-order valence-corrected chi connectivity index (χ4v) is 3.23. The number of hydrogen-bond acceptors (Lipinski definition) is 3. The molecular formula is C17H22FN3O2. The number of aromatic nitrogens is 1. The molecule has 1 aliphatic carbocycles. The van der Waals surface area contributed by atoms with Crippen molar-refractivity contribution in [3.8, 4) is 0 Å². The minimum absolute atomic E-state index is 0.0125. The summed E-state index contributed by atoms with van der Waals surface area (Å²) >= 11 is 0. The molecule has 2 heterocycles. The van der Waals surface area contributed by atoms with E-state index in [-0.39, 0.29) is 18.4 Å². The maximum Gasteiger partial charge on any atom is 0.325 e. The number of hydrogen-bond donors (Lipinski definition) is 1. The first kappa shape index (κ1) is 15.9. The second kappa shape index (κ2) is 5.91. The van der Waals surface area contributed by atoms with Gasteiger partial charge in [-0.25, -0.2) is 9.78 Å². The highest BCUT2D eigenvalue weighted by molar-refractivity contribution is 6.07.